The fourth-order valence-electron chi connectivity index (χ4n) is 1.96. The van der Waals surface area contributed by atoms with E-state index < -0.39 is 5.97 Å². The molecule has 7 heteroatoms. The average molecular weight is 384 g/mol. The van der Waals surface area contributed by atoms with Crippen molar-refractivity contribution in [2.75, 3.05) is 20.7 Å². The summed E-state index contributed by atoms with van der Waals surface area (Å²) >= 11 is 4.50. The van der Waals surface area contributed by atoms with Crippen molar-refractivity contribution in [3.63, 3.8) is 0 Å². The lowest BCUT2D eigenvalue weighted by Crippen LogP contribution is -2.28. The van der Waals surface area contributed by atoms with Gasteiger partial charge in [0.15, 0.2) is 0 Å². The zero-order chi connectivity index (χ0) is 16.3. The molecule has 2 rings (SSSR count). The van der Waals surface area contributed by atoms with Gasteiger partial charge in [0.1, 0.15) is 12.3 Å². The Morgan fingerprint density at radius 3 is 2.64 bits per heavy atom. The molecule has 0 unspecified atom stereocenters. The quantitative estimate of drug-likeness (QED) is 0.812. The van der Waals surface area contributed by atoms with E-state index in [1.54, 1.807) is 7.11 Å². The number of hydrogen-bond acceptors (Lipinski definition) is 4. The molecule has 0 aliphatic carbocycles. The number of methoxy groups -OCH3 is 1. The van der Waals surface area contributed by atoms with Gasteiger partial charge < -0.3 is 14.7 Å². The smallest absolute Gasteiger partial charge is 0.323 e. The Kier molecular flexibility index (Phi) is 5.31. The van der Waals surface area contributed by atoms with E-state index in [9.17, 15) is 9.59 Å². The number of carboxylic acids is 1. The maximum absolute atomic E-state index is 12.1. The number of carbonyl (C=O) groups excluding carboxylic acids is 1. The Morgan fingerprint density at radius 2 is 2.00 bits per heavy atom. The van der Waals surface area contributed by atoms with Crippen molar-refractivity contribution in [1.29, 1.82) is 0 Å². The summed E-state index contributed by atoms with van der Waals surface area (Å²) in [6.45, 7) is -0.325. The highest BCUT2D eigenvalue weighted by molar-refractivity contribution is 9.10. The fourth-order valence-corrected chi connectivity index (χ4v) is 3.44. The molecule has 0 bridgehead atoms. The Labute approximate surface area is 140 Å². The lowest BCUT2D eigenvalue weighted by Gasteiger charge is -2.15. The number of carbonyl (C=O) groups is 2. The highest BCUT2D eigenvalue weighted by Gasteiger charge is 2.16. The normalized spacial score (nSPS) is 10.5. The number of likely N-dealkylation sites (N-methyl/N-ethyl adjacent to an activating group) is 1. The summed E-state index contributed by atoms with van der Waals surface area (Å²) in [6.07, 6.45) is 0. The van der Waals surface area contributed by atoms with Gasteiger partial charge in [-0.1, -0.05) is 12.1 Å². The number of thioether (sulfide) groups is 1. The summed E-state index contributed by atoms with van der Waals surface area (Å²) in [7, 11) is 3.06. The summed E-state index contributed by atoms with van der Waals surface area (Å²) in [5, 5.41) is 10.3. The van der Waals surface area contributed by atoms with Gasteiger partial charge in [-0.2, -0.15) is 0 Å². The topological polar surface area (TPSA) is 66.8 Å². The minimum Gasteiger partial charge on any atom is -0.496 e. The van der Waals surface area contributed by atoms with Crippen LogP contribution >= 0.6 is 27.7 Å². The van der Waals surface area contributed by atoms with Gasteiger partial charge in [-0.3, -0.25) is 9.59 Å². The highest BCUT2D eigenvalue weighted by Crippen LogP contribution is 2.37. The van der Waals surface area contributed by atoms with Crippen molar-refractivity contribution in [3.05, 3.63) is 34.8 Å². The number of aliphatic carboxylic acids is 1. The number of halogens is 1. The van der Waals surface area contributed by atoms with Crippen LogP contribution in [0.5, 0.6) is 5.75 Å². The van der Waals surface area contributed by atoms with Crippen molar-refractivity contribution in [1.82, 2.24) is 4.90 Å². The molecule has 116 valence electrons. The average Bonchev–Trinajstić information content (AvgIpc) is 2.47. The van der Waals surface area contributed by atoms with Crippen molar-refractivity contribution in [3.8, 4) is 5.75 Å². The summed E-state index contributed by atoms with van der Waals surface area (Å²) in [4.78, 5) is 24.7. The number of rotatable bonds is 4. The van der Waals surface area contributed by atoms with Crippen molar-refractivity contribution >= 4 is 49.7 Å². The molecule has 0 saturated heterocycles. The van der Waals surface area contributed by atoms with Crippen LogP contribution in [0.15, 0.2) is 39.7 Å². The first-order valence-electron chi connectivity index (χ1n) is 6.34. The van der Waals surface area contributed by atoms with Gasteiger partial charge in [0.2, 0.25) is 0 Å². The standard InChI is InChI=1S/C15H14BrNO4S/c1-17(8-13(18)19)15(20)22-12-5-3-4-10-9(12)6-7-11(21-2)14(10)16/h3-7H,8H2,1-2H3,(H,18,19). The van der Waals surface area contributed by atoms with E-state index in [0.717, 1.165) is 31.9 Å². The summed E-state index contributed by atoms with van der Waals surface area (Å²) < 4.78 is 6.08. The molecule has 0 aliphatic rings. The van der Waals surface area contributed by atoms with Crippen LogP contribution in [0.25, 0.3) is 10.8 Å². The summed E-state index contributed by atoms with van der Waals surface area (Å²) in [6, 6.07) is 9.31. The molecule has 1 N–H and O–H groups in total. The van der Waals surface area contributed by atoms with Gasteiger partial charge in [0, 0.05) is 17.3 Å². The second-order valence-electron chi connectivity index (χ2n) is 4.55. The Morgan fingerprint density at radius 1 is 1.27 bits per heavy atom. The molecule has 0 aromatic heterocycles. The molecule has 0 aliphatic heterocycles. The number of ether oxygens (including phenoxy) is 1. The minimum absolute atomic E-state index is 0.318. The minimum atomic E-state index is -1.04. The number of amides is 1. The van der Waals surface area contributed by atoms with Crippen molar-refractivity contribution in [2.24, 2.45) is 0 Å². The van der Waals surface area contributed by atoms with E-state index in [1.807, 2.05) is 30.3 Å². The molecule has 0 radical (unpaired) electrons. The lowest BCUT2D eigenvalue weighted by atomic mass is 10.1. The van der Waals surface area contributed by atoms with Crippen molar-refractivity contribution in [2.45, 2.75) is 4.90 Å². The lowest BCUT2D eigenvalue weighted by molar-refractivity contribution is -0.137. The maximum atomic E-state index is 12.1. The van der Waals surface area contributed by atoms with E-state index in [2.05, 4.69) is 15.9 Å². The number of hydrogen-bond donors (Lipinski definition) is 1. The predicted molar refractivity (Wildman–Crippen MR) is 89.7 cm³/mol. The summed E-state index contributed by atoms with van der Waals surface area (Å²) in [5.74, 6) is -0.328. The third-order valence-corrected chi connectivity index (χ3v) is 4.90. The molecular formula is C15H14BrNO4S. The van der Waals surface area contributed by atoms with Crippen LogP contribution in [0, 0.1) is 0 Å². The van der Waals surface area contributed by atoms with Gasteiger partial charge in [0.25, 0.3) is 5.24 Å². The van der Waals surface area contributed by atoms with Gasteiger partial charge in [-0.05, 0) is 51.3 Å². The molecular weight excluding hydrogens is 370 g/mol. The number of nitrogens with zero attached hydrogens (tertiary/aromatic N) is 1. The number of benzene rings is 2. The van der Waals surface area contributed by atoms with E-state index in [4.69, 9.17) is 9.84 Å². The summed E-state index contributed by atoms with van der Waals surface area (Å²) in [5.41, 5.74) is 0. The zero-order valence-electron chi connectivity index (χ0n) is 12.0. The van der Waals surface area contributed by atoms with Crippen LogP contribution in [-0.4, -0.2) is 41.9 Å². The Balaban J connectivity index is 2.34. The van der Waals surface area contributed by atoms with Crippen LogP contribution in [0.4, 0.5) is 4.79 Å². The zero-order valence-corrected chi connectivity index (χ0v) is 14.4. The van der Waals surface area contributed by atoms with Gasteiger partial charge in [-0.25, -0.2) is 0 Å². The molecule has 0 saturated carbocycles. The third kappa shape index (κ3) is 3.53. The first kappa shape index (κ1) is 16.6. The molecule has 0 heterocycles. The third-order valence-electron chi connectivity index (χ3n) is 3.02. The number of carboxylic acid groups (broad SMARTS) is 1. The maximum Gasteiger partial charge on any atom is 0.323 e. The van der Waals surface area contributed by atoms with Gasteiger partial charge >= 0.3 is 5.97 Å². The van der Waals surface area contributed by atoms with E-state index in [0.29, 0.717) is 5.75 Å². The molecule has 5 nitrogen and oxygen atoms in total. The van der Waals surface area contributed by atoms with Crippen LogP contribution in [0.2, 0.25) is 0 Å². The van der Waals surface area contributed by atoms with Crippen LogP contribution in [0.3, 0.4) is 0 Å². The molecule has 2 aromatic carbocycles. The van der Waals surface area contributed by atoms with Crippen LogP contribution < -0.4 is 4.74 Å². The second kappa shape index (κ2) is 7.02. The SMILES string of the molecule is COc1ccc2c(SC(=O)N(C)CC(=O)O)cccc2c1Br. The fraction of sp³-hybridized carbons (Fsp3) is 0.200. The Bertz CT molecular complexity index is 735. The first-order chi connectivity index (χ1) is 10.4. The first-order valence-corrected chi connectivity index (χ1v) is 7.95. The molecule has 0 atom stereocenters. The molecule has 22 heavy (non-hydrogen) atoms. The second-order valence-corrected chi connectivity index (χ2v) is 6.34. The largest absolute Gasteiger partial charge is 0.496 e. The highest BCUT2D eigenvalue weighted by atomic mass is 79.9. The monoisotopic (exact) mass is 383 g/mol. The van der Waals surface area contributed by atoms with E-state index >= 15 is 0 Å². The van der Waals surface area contributed by atoms with Crippen LogP contribution in [0.1, 0.15) is 0 Å². The van der Waals surface area contributed by atoms with Gasteiger partial charge in [0.05, 0.1) is 11.6 Å². The van der Waals surface area contributed by atoms with Crippen LogP contribution in [-0.2, 0) is 4.79 Å². The molecule has 1 amide bonds. The van der Waals surface area contributed by atoms with E-state index in [-0.39, 0.29) is 11.8 Å². The van der Waals surface area contributed by atoms with Crippen molar-refractivity contribution < 1.29 is 19.4 Å². The number of fused-ring (bicyclic) bond motifs is 1. The molecule has 0 spiro atoms. The van der Waals surface area contributed by atoms with E-state index in [1.165, 1.54) is 11.9 Å². The predicted octanol–water partition coefficient (Wildman–Crippen LogP) is 3.84. The Hall–Kier alpha value is -1.73. The van der Waals surface area contributed by atoms with Gasteiger partial charge in [-0.15, -0.1) is 0 Å². The molecule has 2 aromatic rings. The molecule has 0 fully saturated rings.